The summed E-state index contributed by atoms with van der Waals surface area (Å²) in [5.74, 6) is 1.69. The first-order valence-corrected chi connectivity index (χ1v) is 9.06. The Morgan fingerprint density at radius 2 is 1.79 bits per heavy atom. The molecule has 4 rings (SSSR count). The molecule has 7 nitrogen and oxygen atoms in total. The number of hydrogen-bond acceptors (Lipinski definition) is 6. The van der Waals surface area contributed by atoms with Crippen LogP contribution in [0.3, 0.4) is 0 Å². The van der Waals surface area contributed by atoms with E-state index >= 15 is 0 Å². The summed E-state index contributed by atoms with van der Waals surface area (Å²) in [5, 5.41) is 10.3. The number of benzene rings is 2. The van der Waals surface area contributed by atoms with Crippen LogP contribution in [0, 0.1) is 0 Å². The average molecular weight is 385 g/mol. The first-order chi connectivity index (χ1) is 13.5. The SMILES string of the molecule is COC(=O)N1CCc2cc(OC)c(OC)c3c2[C@@H]1Cc1cc(O)c(OC)cc1-3. The lowest BCUT2D eigenvalue weighted by molar-refractivity contribution is 0.100. The third-order valence-electron chi connectivity index (χ3n) is 5.62. The Labute approximate surface area is 163 Å². The quantitative estimate of drug-likeness (QED) is 0.874. The second-order valence-corrected chi connectivity index (χ2v) is 6.87. The Kier molecular flexibility index (Phi) is 4.45. The summed E-state index contributed by atoms with van der Waals surface area (Å²) in [5.41, 5.74) is 4.84. The van der Waals surface area contributed by atoms with Crippen molar-refractivity contribution in [3.63, 3.8) is 0 Å². The summed E-state index contributed by atoms with van der Waals surface area (Å²) in [6, 6.07) is 5.29. The van der Waals surface area contributed by atoms with Gasteiger partial charge in [-0.15, -0.1) is 0 Å². The number of aromatic hydroxyl groups is 1. The van der Waals surface area contributed by atoms with Gasteiger partial charge < -0.3 is 29.0 Å². The number of methoxy groups -OCH3 is 4. The molecule has 0 radical (unpaired) electrons. The van der Waals surface area contributed by atoms with Gasteiger partial charge >= 0.3 is 6.09 Å². The number of amides is 1. The fourth-order valence-electron chi connectivity index (χ4n) is 4.40. The molecule has 0 saturated carbocycles. The largest absolute Gasteiger partial charge is 0.504 e. The van der Waals surface area contributed by atoms with Gasteiger partial charge in [0.05, 0.1) is 34.5 Å². The number of rotatable bonds is 3. The van der Waals surface area contributed by atoms with Crippen molar-refractivity contribution in [1.29, 1.82) is 0 Å². The predicted octanol–water partition coefficient (Wildman–Crippen LogP) is 3.31. The highest BCUT2D eigenvalue weighted by Gasteiger charge is 2.40. The minimum absolute atomic E-state index is 0.0622. The topological polar surface area (TPSA) is 77.5 Å². The van der Waals surface area contributed by atoms with E-state index in [0.717, 1.165) is 27.8 Å². The maximum absolute atomic E-state index is 12.4. The number of phenolic OH excluding ortho intramolecular Hbond substituents is 1. The molecule has 0 fully saturated rings. The van der Waals surface area contributed by atoms with Crippen LogP contribution >= 0.6 is 0 Å². The maximum Gasteiger partial charge on any atom is 0.410 e. The van der Waals surface area contributed by atoms with E-state index in [0.29, 0.717) is 36.6 Å². The summed E-state index contributed by atoms with van der Waals surface area (Å²) < 4.78 is 21.6. The number of ether oxygens (including phenoxy) is 4. The number of hydrogen-bond donors (Lipinski definition) is 1. The monoisotopic (exact) mass is 385 g/mol. The van der Waals surface area contributed by atoms with Crippen LogP contribution in [0.15, 0.2) is 18.2 Å². The minimum Gasteiger partial charge on any atom is -0.504 e. The van der Waals surface area contributed by atoms with E-state index in [4.69, 9.17) is 18.9 Å². The molecular formula is C21H23NO6. The molecule has 1 heterocycles. The van der Waals surface area contributed by atoms with Crippen LogP contribution in [0.1, 0.15) is 22.7 Å². The van der Waals surface area contributed by atoms with E-state index < -0.39 is 0 Å². The fraction of sp³-hybridized carbons (Fsp3) is 0.381. The van der Waals surface area contributed by atoms with Gasteiger partial charge in [-0.3, -0.25) is 0 Å². The third-order valence-corrected chi connectivity index (χ3v) is 5.62. The van der Waals surface area contributed by atoms with Crippen molar-refractivity contribution < 1.29 is 28.8 Å². The number of carbonyl (C=O) groups is 1. The lowest BCUT2D eigenvalue weighted by atomic mass is 9.76. The smallest absolute Gasteiger partial charge is 0.410 e. The summed E-state index contributed by atoms with van der Waals surface area (Å²) in [6.07, 6.45) is 0.897. The van der Waals surface area contributed by atoms with Crippen LogP contribution in [-0.4, -0.2) is 51.1 Å². The molecule has 1 N–H and O–H groups in total. The van der Waals surface area contributed by atoms with E-state index in [-0.39, 0.29) is 17.9 Å². The van der Waals surface area contributed by atoms with Gasteiger partial charge in [0.15, 0.2) is 23.0 Å². The molecule has 1 aliphatic carbocycles. The van der Waals surface area contributed by atoms with Crippen LogP contribution in [0.4, 0.5) is 4.79 Å². The summed E-state index contributed by atoms with van der Waals surface area (Å²) in [6.45, 7) is 0.552. The molecule has 0 unspecified atom stereocenters. The molecule has 0 spiro atoms. The molecule has 7 heteroatoms. The van der Waals surface area contributed by atoms with Gasteiger partial charge in [-0.05, 0) is 53.3 Å². The zero-order chi connectivity index (χ0) is 20.0. The lowest BCUT2D eigenvalue weighted by Gasteiger charge is -2.41. The first kappa shape index (κ1) is 18.3. The average Bonchev–Trinajstić information content (AvgIpc) is 2.72. The van der Waals surface area contributed by atoms with Crippen molar-refractivity contribution in [3.05, 3.63) is 34.9 Å². The van der Waals surface area contributed by atoms with Gasteiger partial charge in [-0.25, -0.2) is 4.79 Å². The Morgan fingerprint density at radius 3 is 2.43 bits per heavy atom. The Balaban J connectivity index is 2.04. The highest BCUT2D eigenvalue weighted by atomic mass is 16.5. The number of phenols is 1. The van der Waals surface area contributed by atoms with Gasteiger partial charge in [0.1, 0.15) is 0 Å². The lowest BCUT2D eigenvalue weighted by Crippen LogP contribution is -2.42. The molecule has 2 aromatic carbocycles. The highest BCUT2D eigenvalue weighted by Crippen LogP contribution is 2.54. The van der Waals surface area contributed by atoms with Crippen molar-refractivity contribution in [1.82, 2.24) is 4.90 Å². The van der Waals surface area contributed by atoms with Crippen LogP contribution in [-0.2, 0) is 17.6 Å². The van der Waals surface area contributed by atoms with E-state index in [9.17, 15) is 9.90 Å². The molecule has 0 saturated heterocycles. The van der Waals surface area contributed by atoms with Gasteiger partial charge in [-0.2, -0.15) is 0 Å². The Hall–Kier alpha value is -3.09. The van der Waals surface area contributed by atoms with Crippen molar-refractivity contribution >= 4 is 6.09 Å². The number of nitrogens with zero attached hydrogens (tertiary/aromatic N) is 1. The summed E-state index contributed by atoms with van der Waals surface area (Å²) in [4.78, 5) is 14.2. The summed E-state index contributed by atoms with van der Waals surface area (Å²) in [7, 11) is 6.12. The van der Waals surface area contributed by atoms with Crippen molar-refractivity contribution in [2.45, 2.75) is 18.9 Å². The predicted molar refractivity (Wildman–Crippen MR) is 102 cm³/mol. The van der Waals surface area contributed by atoms with Crippen LogP contribution in [0.25, 0.3) is 11.1 Å². The van der Waals surface area contributed by atoms with Crippen molar-refractivity contribution in [2.75, 3.05) is 35.0 Å². The zero-order valence-electron chi connectivity index (χ0n) is 16.4. The second kappa shape index (κ2) is 6.82. The molecule has 1 atom stereocenters. The van der Waals surface area contributed by atoms with E-state index in [2.05, 4.69) is 0 Å². The van der Waals surface area contributed by atoms with E-state index in [1.165, 1.54) is 14.2 Å². The molecule has 148 valence electrons. The van der Waals surface area contributed by atoms with E-state index in [1.807, 2.05) is 12.1 Å². The Morgan fingerprint density at radius 1 is 1.04 bits per heavy atom. The Bertz CT molecular complexity index is 955. The maximum atomic E-state index is 12.4. The van der Waals surface area contributed by atoms with E-state index in [1.54, 1.807) is 25.2 Å². The van der Waals surface area contributed by atoms with Crippen LogP contribution in [0.5, 0.6) is 23.0 Å². The molecule has 2 aromatic rings. The van der Waals surface area contributed by atoms with Gasteiger partial charge in [0.2, 0.25) is 0 Å². The minimum atomic E-state index is -0.363. The third kappa shape index (κ3) is 2.53. The van der Waals surface area contributed by atoms with Crippen LogP contribution < -0.4 is 14.2 Å². The molecule has 0 bridgehead atoms. The normalized spacial score (nSPS) is 16.7. The second-order valence-electron chi connectivity index (χ2n) is 6.87. The number of carbonyl (C=O) groups excluding carboxylic acids is 1. The summed E-state index contributed by atoms with van der Waals surface area (Å²) >= 11 is 0. The zero-order valence-corrected chi connectivity index (χ0v) is 16.4. The standard InChI is InChI=1S/C21H23NO6/c1-25-16-10-13-12(8-15(16)23)7-14-18-11(5-6-22(14)21(24)28-4)9-17(26-2)20(27-3)19(13)18/h8-10,14,23H,5-7H2,1-4H3/t14-/m0/s1. The molecular weight excluding hydrogens is 362 g/mol. The molecule has 28 heavy (non-hydrogen) atoms. The van der Waals surface area contributed by atoms with Crippen LogP contribution in [0.2, 0.25) is 0 Å². The molecule has 0 aromatic heterocycles. The fourth-order valence-corrected chi connectivity index (χ4v) is 4.40. The van der Waals surface area contributed by atoms with Crippen molar-refractivity contribution in [2.24, 2.45) is 0 Å². The molecule has 2 aliphatic rings. The molecule has 1 aliphatic heterocycles. The first-order valence-electron chi connectivity index (χ1n) is 9.06. The van der Waals surface area contributed by atoms with Gasteiger partial charge in [-0.1, -0.05) is 0 Å². The van der Waals surface area contributed by atoms with Gasteiger partial charge in [0.25, 0.3) is 0 Å². The highest BCUT2D eigenvalue weighted by molar-refractivity contribution is 5.86. The van der Waals surface area contributed by atoms with Gasteiger partial charge in [0, 0.05) is 12.1 Å². The number of fused-ring (bicyclic) bond motifs is 2. The van der Waals surface area contributed by atoms with Crippen molar-refractivity contribution in [3.8, 4) is 34.1 Å². The molecule has 1 amide bonds.